The SMILES string of the molecule is CC1CCN(C(=O)c2cc3ccccc3cc2NS(=O)(=O)c2cccs2)CC1. The summed E-state index contributed by atoms with van der Waals surface area (Å²) in [6, 6.07) is 14.4. The number of piperidine rings is 1. The summed E-state index contributed by atoms with van der Waals surface area (Å²) in [5.74, 6) is 0.485. The van der Waals surface area contributed by atoms with Crippen molar-refractivity contribution in [3.05, 3.63) is 59.5 Å². The van der Waals surface area contributed by atoms with E-state index in [0.29, 0.717) is 30.3 Å². The number of nitrogens with one attached hydrogen (secondary N) is 1. The van der Waals surface area contributed by atoms with Gasteiger partial charge in [-0.05, 0) is 53.1 Å². The summed E-state index contributed by atoms with van der Waals surface area (Å²) < 4.78 is 28.4. The Morgan fingerprint density at radius 1 is 1.07 bits per heavy atom. The summed E-state index contributed by atoms with van der Waals surface area (Å²) in [5.41, 5.74) is 0.726. The Morgan fingerprint density at radius 3 is 2.39 bits per heavy atom. The number of nitrogens with zero attached hydrogens (tertiary/aromatic N) is 1. The van der Waals surface area contributed by atoms with Crippen molar-refractivity contribution in [2.24, 2.45) is 5.92 Å². The number of amides is 1. The molecule has 0 bridgehead atoms. The van der Waals surface area contributed by atoms with Crippen LogP contribution in [0.3, 0.4) is 0 Å². The fraction of sp³-hybridized carbons (Fsp3) is 0.286. The van der Waals surface area contributed by atoms with Gasteiger partial charge < -0.3 is 4.90 Å². The van der Waals surface area contributed by atoms with Crippen LogP contribution >= 0.6 is 11.3 Å². The van der Waals surface area contributed by atoms with Gasteiger partial charge in [-0.1, -0.05) is 37.3 Å². The molecule has 1 fully saturated rings. The highest BCUT2D eigenvalue weighted by molar-refractivity contribution is 7.94. The van der Waals surface area contributed by atoms with Crippen LogP contribution in [-0.4, -0.2) is 32.3 Å². The van der Waals surface area contributed by atoms with Crippen LogP contribution in [0.1, 0.15) is 30.1 Å². The van der Waals surface area contributed by atoms with Crippen LogP contribution in [0, 0.1) is 5.92 Å². The number of rotatable bonds is 4. The van der Waals surface area contributed by atoms with E-state index in [1.807, 2.05) is 29.2 Å². The first-order valence-corrected chi connectivity index (χ1v) is 11.7. The van der Waals surface area contributed by atoms with Crippen molar-refractivity contribution in [1.82, 2.24) is 4.90 Å². The lowest BCUT2D eigenvalue weighted by atomic mass is 9.98. The van der Waals surface area contributed by atoms with Crippen LogP contribution in [0.5, 0.6) is 0 Å². The van der Waals surface area contributed by atoms with Crippen molar-refractivity contribution in [3.8, 4) is 0 Å². The average Bonchev–Trinajstić information content (AvgIpc) is 3.23. The van der Waals surface area contributed by atoms with Crippen LogP contribution in [0.4, 0.5) is 5.69 Å². The van der Waals surface area contributed by atoms with Gasteiger partial charge in [-0.2, -0.15) is 0 Å². The molecule has 1 amide bonds. The van der Waals surface area contributed by atoms with Gasteiger partial charge in [0.2, 0.25) is 0 Å². The second-order valence-electron chi connectivity index (χ2n) is 7.26. The standard InChI is InChI=1S/C21H22N2O3S2/c1-15-8-10-23(11-9-15)21(24)18-13-16-5-2-3-6-17(16)14-19(18)22-28(25,26)20-7-4-12-27-20/h2-7,12-15,22H,8-11H2,1H3. The molecule has 146 valence electrons. The summed E-state index contributed by atoms with van der Waals surface area (Å²) in [7, 11) is -3.74. The third-order valence-electron chi connectivity index (χ3n) is 5.19. The number of hydrogen-bond acceptors (Lipinski definition) is 4. The van der Waals surface area contributed by atoms with Crippen molar-refractivity contribution >= 4 is 43.7 Å². The topological polar surface area (TPSA) is 66.5 Å². The number of carbonyl (C=O) groups is 1. The van der Waals surface area contributed by atoms with Crippen molar-refractivity contribution in [3.63, 3.8) is 0 Å². The molecular formula is C21H22N2O3S2. The smallest absolute Gasteiger partial charge is 0.271 e. The largest absolute Gasteiger partial charge is 0.339 e. The van der Waals surface area contributed by atoms with Gasteiger partial charge in [0.1, 0.15) is 4.21 Å². The van der Waals surface area contributed by atoms with Gasteiger partial charge in [0.05, 0.1) is 11.3 Å². The highest BCUT2D eigenvalue weighted by atomic mass is 32.2. The van der Waals surface area contributed by atoms with E-state index in [1.54, 1.807) is 29.6 Å². The highest BCUT2D eigenvalue weighted by Crippen LogP contribution is 2.29. The van der Waals surface area contributed by atoms with E-state index < -0.39 is 10.0 Å². The van der Waals surface area contributed by atoms with Gasteiger partial charge in [0.25, 0.3) is 15.9 Å². The zero-order valence-corrected chi connectivity index (χ0v) is 17.2. The summed E-state index contributed by atoms with van der Waals surface area (Å²) in [4.78, 5) is 15.1. The molecule has 3 aromatic rings. The van der Waals surface area contributed by atoms with Gasteiger partial charge in [-0.25, -0.2) is 8.42 Å². The molecule has 0 radical (unpaired) electrons. The Balaban J connectivity index is 1.75. The molecule has 1 aromatic heterocycles. The maximum Gasteiger partial charge on any atom is 0.271 e. The first-order valence-electron chi connectivity index (χ1n) is 9.32. The Morgan fingerprint density at radius 2 is 1.75 bits per heavy atom. The van der Waals surface area contributed by atoms with Crippen molar-refractivity contribution < 1.29 is 13.2 Å². The first kappa shape index (κ1) is 19.0. The Kier molecular flexibility index (Phi) is 5.12. The zero-order valence-electron chi connectivity index (χ0n) is 15.6. The molecule has 2 heterocycles. The zero-order chi connectivity index (χ0) is 19.7. The summed E-state index contributed by atoms with van der Waals surface area (Å²) >= 11 is 1.15. The third kappa shape index (κ3) is 3.77. The van der Waals surface area contributed by atoms with Crippen LogP contribution in [0.15, 0.2) is 58.1 Å². The lowest BCUT2D eigenvalue weighted by molar-refractivity contribution is 0.0698. The van der Waals surface area contributed by atoms with Gasteiger partial charge >= 0.3 is 0 Å². The van der Waals surface area contributed by atoms with Crippen LogP contribution in [0.2, 0.25) is 0 Å². The molecule has 0 atom stereocenters. The van der Waals surface area contributed by atoms with Gasteiger partial charge in [-0.15, -0.1) is 11.3 Å². The Labute approximate surface area is 169 Å². The molecule has 1 aliphatic heterocycles. The quantitative estimate of drug-likeness (QED) is 0.680. The lowest BCUT2D eigenvalue weighted by Crippen LogP contribution is -2.38. The highest BCUT2D eigenvalue weighted by Gasteiger charge is 2.26. The van der Waals surface area contributed by atoms with Gasteiger partial charge in [0, 0.05) is 13.1 Å². The number of fused-ring (bicyclic) bond motifs is 1. The summed E-state index contributed by atoms with van der Waals surface area (Å²) in [6.45, 7) is 3.59. The molecule has 1 saturated heterocycles. The second kappa shape index (κ2) is 7.56. The molecule has 0 unspecified atom stereocenters. The van der Waals surface area contributed by atoms with Crippen molar-refractivity contribution in [2.45, 2.75) is 24.0 Å². The fourth-order valence-corrected chi connectivity index (χ4v) is 5.56. The minimum atomic E-state index is -3.74. The molecule has 2 aromatic carbocycles. The summed E-state index contributed by atoms with van der Waals surface area (Å²) in [5, 5.41) is 3.51. The number of thiophene rings is 1. The lowest BCUT2D eigenvalue weighted by Gasteiger charge is -2.31. The van der Waals surface area contributed by atoms with E-state index in [9.17, 15) is 13.2 Å². The minimum absolute atomic E-state index is 0.124. The van der Waals surface area contributed by atoms with E-state index in [0.717, 1.165) is 35.0 Å². The second-order valence-corrected chi connectivity index (χ2v) is 10.1. The first-order chi connectivity index (χ1) is 13.4. The number of anilines is 1. The van der Waals surface area contributed by atoms with Crippen molar-refractivity contribution in [1.29, 1.82) is 0 Å². The molecule has 4 rings (SSSR count). The molecule has 7 heteroatoms. The number of sulfonamides is 1. The average molecular weight is 415 g/mol. The number of benzene rings is 2. The number of likely N-dealkylation sites (tertiary alicyclic amines) is 1. The van der Waals surface area contributed by atoms with Gasteiger partial charge in [-0.3, -0.25) is 9.52 Å². The Bertz CT molecular complexity index is 1100. The van der Waals surface area contributed by atoms with E-state index in [-0.39, 0.29) is 10.1 Å². The van der Waals surface area contributed by atoms with Gasteiger partial charge in [0.15, 0.2) is 0 Å². The normalized spacial score (nSPS) is 15.7. The molecule has 28 heavy (non-hydrogen) atoms. The third-order valence-corrected chi connectivity index (χ3v) is 7.95. The van der Waals surface area contributed by atoms with Crippen LogP contribution < -0.4 is 4.72 Å². The number of hydrogen-bond donors (Lipinski definition) is 1. The van der Waals surface area contributed by atoms with E-state index in [1.165, 1.54) is 0 Å². The van der Waals surface area contributed by atoms with E-state index >= 15 is 0 Å². The predicted octanol–water partition coefficient (Wildman–Crippen LogP) is 4.57. The van der Waals surface area contributed by atoms with Crippen LogP contribution in [-0.2, 0) is 10.0 Å². The summed E-state index contributed by atoms with van der Waals surface area (Å²) in [6.07, 6.45) is 1.94. The van der Waals surface area contributed by atoms with E-state index in [2.05, 4.69) is 11.6 Å². The molecule has 1 N–H and O–H groups in total. The molecule has 0 aliphatic carbocycles. The minimum Gasteiger partial charge on any atom is -0.339 e. The van der Waals surface area contributed by atoms with E-state index in [4.69, 9.17) is 0 Å². The molecule has 0 saturated carbocycles. The monoisotopic (exact) mass is 414 g/mol. The van der Waals surface area contributed by atoms with Crippen LogP contribution in [0.25, 0.3) is 10.8 Å². The van der Waals surface area contributed by atoms with Crippen molar-refractivity contribution in [2.75, 3.05) is 17.8 Å². The number of carbonyl (C=O) groups excluding carboxylic acids is 1. The molecule has 0 spiro atoms. The fourth-order valence-electron chi connectivity index (χ4n) is 3.50. The Hall–Kier alpha value is -2.38. The predicted molar refractivity (Wildman–Crippen MR) is 113 cm³/mol. The maximum atomic E-state index is 13.2. The maximum absolute atomic E-state index is 13.2. The molecule has 5 nitrogen and oxygen atoms in total. The molecular weight excluding hydrogens is 392 g/mol. The molecule has 1 aliphatic rings.